The van der Waals surface area contributed by atoms with Gasteiger partial charge >= 0.3 is 0 Å². The molecule has 0 atom stereocenters. The highest BCUT2D eigenvalue weighted by atomic mass is 16.6. The number of nitrogens with two attached hydrogens (primary N) is 1. The Morgan fingerprint density at radius 3 is 2.66 bits per heavy atom. The number of carbonyl (C=O) groups is 1. The molecule has 32 heavy (non-hydrogen) atoms. The number of nitro benzene ring substituents is 1. The molecule has 3 N–H and O–H groups in total. The number of carbonyl (C=O) groups excluding carboxylic acids is 1. The van der Waals surface area contributed by atoms with Crippen LogP contribution in [0.2, 0.25) is 0 Å². The van der Waals surface area contributed by atoms with Crippen LogP contribution in [0, 0.1) is 17.0 Å². The lowest BCUT2D eigenvalue weighted by Crippen LogP contribution is -2.19. The molecule has 160 valence electrons. The van der Waals surface area contributed by atoms with Gasteiger partial charge in [0.25, 0.3) is 11.6 Å². The van der Waals surface area contributed by atoms with Crippen LogP contribution in [0.1, 0.15) is 21.6 Å². The lowest BCUT2D eigenvalue weighted by molar-refractivity contribution is -0.385. The molecule has 0 radical (unpaired) electrons. The molecule has 13 nitrogen and oxygen atoms in total. The van der Waals surface area contributed by atoms with Crippen LogP contribution < -0.4 is 11.2 Å². The summed E-state index contributed by atoms with van der Waals surface area (Å²) < 4.78 is 5.86. The van der Waals surface area contributed by atoms with Crippen molar-refractivity contribution in [2.45, 2.75) is 6.92 Å². The quantitative estimate of drug-likeness (QED) is 0.261. The average molecular weight is 433 g/mol. The Morgan fingerprint density at radius 1 is 1.22 bits per heavy atom. The number of benzene rings is 2. The number of nitrogens with zero attached hydrogens (tertiary/aromatic N) is 7. The van der Waals surface area contributed by atoms with E-state index < -0.39 is 10.8 Å². The second-order valence-corrected chi connectivity index (χ2v) is 6.55. The molecule has 0 fully saturated rings. The SMILES string of the molecule is Cc1ccc(-c2c(C(=O)NN=Cc3ccccc3[N+](=O)[O-])nnn2-c2nonc2N)cc1. The van der Waals surface area contributed by atoms with E-state index in [1.54, 1.807) is 18.2 Å². The van der Waals surface area contributed by atoms with E-state index >= 15 is 0 Å². The van der Waals surface area contributed by atoms with E-state index in [0.29, 0.717) is 5.56 Å². The fourth-order valence-electron chi connectivity index (χ4n) is 2.87. The van der Waals surface area contributed by atoms with E-state index in [4.69, 9.17) is 5.73 Å². The third-order valence-electron chi connectivity index (χ3n) is 4.41. The molecule has 0 saturated carbocycles. The molecule has 0 unspecified atom stereocenters. The van der Waals surface area contributed by atoms with Gasteiger partial charge in [-0.15, -0.1) is 5.10 Å². The lowest BCUT2D eigenvalue weighted by Gasteiger charge is -2.06. The van der Waals surface area contributed by atoms with Gasteiger partial charge in [0, 0.05) is 11.6 Å². The van der Waals surface area contributed by atoms with Gasteiger partial charge < -0.3 is 5.73 Å². The smallest absolute Gasteiger partial charge is 0.294 e. The normalized spacial score (nSPS) is 11.0. The van der Waals surface area contributed by atoms with Gasteiger partial charge in [-0.1, -0.05) is 47.2 Å². The molecular formula is C19H15N9O4. The second kappa shape index (κ2) is 8.43. The number of para-hydroxylation sites is 1. The Bertz CT molecular complexity index is 1320. The van der Waals surface area contributed by atoms with Crippen molar-refractivity contribution in [1.29, 1.82) is 0 Å². The van der Waals surface area contributed by atoms with Crippen molar-refractivity contribution in [2.24, 2.45) is 5.10 Å². The van der Waals surface area contributed by atoms with Crippen molar-refractivity contribution >= 4 is 23.6 Å². The van der Waals surface area contributed by atoms with Crippen molar-refractivity contribution < 1.29 is 14.3 Å². The zero-order valence-electron chi connectivity index (χ0n) is 16.5. The Kier molecular flexibility index (Phi) is 5.36. The van der Waals surface area contributed by atoms with Crippen LogP contribution in [0.15, 0.2) is 58.3 Å². The summed E-state index contributed by atoms with van der Waals surface area (Å²) in [6.07, 6.45) is 1.17. The summed E-state index contributed by atoms with van der Waals surface area (Å²) in [5.74, 6) is -0.670. The molecule has 2 aromatic carbocycles. The summed E-state index contributed by atoms with van der Waals surface area (Å²) in [6.45, 7) is 1.92. The van der Waals surface area contributed by atoms with Crippen molar-refractivity contribution in [1.82, 2.24) is 30.7 Å². The van der Waals surface area contributed by atoms with E-state index in [0.717, 1.165) is 5.56 Å². The number of hydrazone groups is 1. The van der Waals surface area contributed by atoms with Gasteiger partial charge in [-0.25, -0.2) is 10.1 Å². The molecule has 4 rings (SSSR count). The van der Waals surface area contributed by atoms with Gasteiger partial charge in [-0.05, 0) is 23.3 Å². The minimum absolute atomic E-state index is 0.0374. The Morgan fingerprint density at radius 2 is 1.97 bits per heavy atom. The molecule has 0 aliphatic heterocycles. The fraction of sp³-hybridized carbons (Fsp3) is 0.0526. The minimum Gasteiger partial charge on any atom is -0.378 e. The van der Waals surface area contributed by atoms with Crippen molar-refractivity contribution in [2.75, 3.05) is 5.73 Å². The van der Waals surface area contributed by atoms with E-state index in [1.807, 2.05) is 19.1 Å². The highest BCUT2D eigenvalue weighted by Gasteiger charge is 2.25. The highest BCUT2D eigenvalue weighted by Crippen LogP contribution is 2.26. The van der Waals surface area contributed by atoms with Crippen LogP contribution in [0.4, 0.5) is 11.5 Å². The number of aromatic nitrogens is 5. The Balaban J connectivity index is 1.68. The van der Waals surface area contributed by atoms with Gasteiger partial charge in [0.05, 0.1) is 16.7 Å². The molecule has 0 spiro atoms. The summed E-state index contributed by atoms with van der Waals surface area (Å²) in [5.41, 5.74) is 9.99. The van der Waals surface area contributed by atoms with Crippen LogP contribution in [-0.4, -0.2) is 42.4 Å². The number of hydrogen-bond donors (Lipinski definition) is 2. The Hall–Kier alpha value is -4.94. The van der Waals surface area contributed by atoms with E-state index in [1.165, 1.54) is 29.1 Å². The number of hydrogen-bond acceptors (Lipinski definition) is 10. The van der Waals surface area contributed by atoms with Crippen LogP contribution in [0.5, 0.6) is 0 Å². The number of nitrogens with one attached hydrogen (secondary N) is 1. The first-order valence-corrected chi connectivity index (χ1v) is 9.13. The molecule has 2 heterocycles. The van der Waals surface area contributed by atoms with Crippen molar-refractivity contribution in [3.05, 3.63) is 75.5 Å². The summed E-state index contributed by atoms with van der Waals surface area (Å²) in [6, 6.07) is 13.3. The molecule has 0 aliphatic rings. The summed E-state index contributed by atoms with van der Waals surface area (Å²) in [5, 5.41) is 30.1. The average Bonchev–Trinajstić information content (AvgIpc) is 3.40. The monoisotopic (exact) mass is 433 g/mol. The first kappa shape index (κ1) is 20.3. The van der Waals surface area contributed by atoms with Gasteiger partial charge in [0.2, 0.25) is 11.6 Å². The molecule has 0 saturated heterocycles. The number of amides is 1. The third kappa shape index (κ3) is 3.89. The largest absolute Gasteiger partial charge is 0.378 e. The first-order chi connectivity index (χ1) is 15.5. The second-order valence-electron chi connectivity index (χ2n) is 6.55. The predicted molar refractivity (Wildman–Crippen MR) is 112 cm³/mol. The van der Waals surface area contributed by atoms with Crippen molar-refractivity contribution in [3.63, 3.8) is 0 Å². The molecule has 13 heteroatoms. The number of nitro groups is 1. The van der Waals surface area contributed by atoms with Crippen molar-refractivity contribution in [3.8, 4) is 17.1 Å². The molecule has 4 aromatic rings. The van der Waals surface area contributed by atoms with E-state index in [-0.39, 0.29) is 34.3 Å². The number of rotatable bonds is 6. The molecule has 0 aliphatic carbocycles. The van der Waals surface area contributed by atoms with Gasteiger partial charge in [-0.2, -0.15) is 9.78 Å². The topological polar surface area (TPSA) is 180 Å². The van der Waals surface area contributed by atoms with Gasteiger partial charge in [-0.3, -0.25) is 14.9 Å². The number of aryl methyl sites for hydroxylation is 1. The molecule has 1 amide bonds. The van der Waals surface area contributed by atoms with Crippen LogP contribution >= 0.6 is 0 Å². The standard InChI is InChI=1S/C19H15N9O4/c1-11-6-8-12(9-7-11)16-15(22-26-27(16)18-17(20)24-32-25-18)19(29)23-21-10-13-4-2-3-5-14(13)28(30)31/h2-10H,1H3,(H2,20,24)(H,23,29). The van der Waals surface area contributed by atoms with E-state index in [2.05, 4.69) is 35.8 Å². The van der Waals surface area contributed by atoms with Gasteiger partial charge in [0.1, 0.15) is 5.69 Å². The number of anilines is 1. The predicted octanol–water partition coefficient (Wildman–Crippen LogP) is 1.88. The first-order valence-electron chi connectivity index (χ1n) is 9.13. The molecule has 0 bridgehead atoms. The maximum absolute atomic E-state index is 12.8. The zero-order chi connectivity index (χ0) is 22.7. The maximum Gasteiger partial charge on any atom is 0.294 e. The number of nitrogen functional groups attached to an aromatic ring is 1. The minimum atomic E-state index is -0.698. The summed E-state index contributed by atoms with van der Waals surface area (Å²) in [4.78, 5) is 23.4. The van der Waals surface area contributed by atoms with E-state index in [9.17, 15) is 14.9 Å². The maximum atomic E-state index is 12.8. The molecule has 2 aromatic heterocycles. The summed E-state index contributed by atoms with van der Waals surface area (Å²) in [7, 11) is 0. The highest BCUT2D eigenvalue weighted by molar-refractivity contribution is 5.99. The van der Waals surface area contributed by atoms with Crippen LogP contribution in [0.3, 0.4) is 0 Å². The van der Waals surface area contributed by atoms with Crippen LogP contribution in [-0.2, 0) is 0 Å². The molecular weight excluding hydrogens is 418 g/mol. The Labute approximate surface area is 179 Å². The fourth-order valence-corrected chi connectivity index (χ4v) is 2.87. The third-order valence-corrected chi connectivity index (χ3v) is 4.41. The van der Waals surface area contributed by atoms with Gasteiger partial charge in [0.15, 0.2) is 5.69 Å². The summed E-state index contributed by atoms with van der Waals surface area (Å²) >= 11 is 0. The lowest BCUT2D eigenvalue weighted by atomic mass is 10.1. The van der Waals surface area contributed by atoms with Crippen LogP contribution in [0.25, 0.3) is 17.1 Å². The zero-order valence-corrected chi connectivity index (χ0v) is 16.5.